The topological polar surface area (TPSA) is 52.6 Å². The molecule has 0 N–H and O–H groups in total. The average molecular weight is 208 g/mol. The van der Waals surface area contributed by atoms with Crippen LogP contribution in [-0.4, -0.2) is 19.0 Å². The summed E-state index contributed by atoms with van der Waals surface area (Å²) >= 11 is 0. The Morgan fingerprint density at radius 1 is 1.27 bits per heavy atom. The van der Waals surface area contributed by atoms with Crippen LogP contribution in [0.5, 0.6) is 5.75 Å². The van der Waals surface area contributed by atoms with E-state index in [0.717, 1.165) is 5.56 Å². The van der Waals surface area contributed by atoms with Gasteiger partial charge in [-0.3, -0.25) is 4.79 Å². The van der Waals surface area contributed by atoms with Gasteiger partial charge in [0.2, 0.25) is 0 Å². The standard InChI is InChI=1S/C11H12O4/c1-7-4-5-9(14-3)6-10(7)11(13)15-8(2)12/h4-6H,1-3H3. The van der Waals surface area contributed by atoms with Gasteiger partial charge in [0, 0.05) is 6.92 Å². The third-order valence-electron chi connectivity index (χ3n) is 1.90. The monoisotopic (exact) mass is 208 g/mol. The summed E-state index contributed by atoms with van der Waals surface area (Å²) in [6.45, 7) is 2.95. The summed E-state index contributed by atoms with van der Waals surface area (Å²) in [4.78, 5) is 22.1. The fourth-order valence-electron chi connectivity index (χ4n) is 1.13. The highest BCUT2D eigenvalue weighted by Gasteiger charge is 2.13. The van der Waals surface area contributed by atoms with Crippen LogP contribution in [0.4, 0.5) is 0 Å². The van der Waals surface area contributed by atoms with Crippen molar-refractivity contribution in [3.05, 3.63) is 29.3 Å². The van der Waals surface area contributed by atoms with Gasteiger partial charge in [0.1, 0.15) is 5.75 Å². The van der Waals surface area contributed by atoms with E-state index >= 15 is 0 Å². The number of benzene rings is 1. The van der Waals surface area contributed by atoms with Crippen LogP contribution in [0.15, 0.2) is 18.2 Å². The normalized spacial score (nSPS) is 9.53. The van der Waals surface area contributed by atoms with E-state index in [9.17, 15) is 9.59 Å². The predicted octanol–water partition coefficient (Wildman–Crippen LogP) is 1.71. The van der Waals surface area contributed by atoms with Gasteiger partial charge in [-0.15, -0.1) is 0 Å². The van der Waals surface area contributed by atoms with Crippen LogP contribution in [0.25, 0.3) is 0 Å². The van der Waals surface area contributed by atoms with Crippen molar-refractivity contribution in [2.24, 2.45) is 0 Å². The molecule has 1 rings (SSSR count). The molecule has 4 heteroatoms. The lowest BCUT2D eigenvalue weighted by molar-refractivity contribution is -0.135. The zero-order valence-corrected chi connectivity index (χ0v) is 8.87. The van der Waals surface area contributed by atoms with E-state index in [0.29, 0.717) is 11.3 Å². The Kier molecular flexibility index (Phi) is 3.44. The molecule has 1 aromatic carbocycles. The van der Waals surface area contributed by atoms with E-state index < -0.39 is 11.9 Å². The molecule has 0 spiro atoms. The number of carbonyl (C=O) groups excluding carboxylic acids is 2. The third kappa shape index (κ3) is 2.80. The quantitative estimate of drug-likeness (QED) is 0.548. The number of hydrogen-bond donors (Lipinski definition) is 0. The molecule has 0 fully saturated rings. The summed E-state index contributed by atoms with van der Waals surface area (Å²) in [7, 11) is 1.50. The second kappa shape index (κ2) is 4.59. The first kappa shape index (κ1) is 11.2. The van der Waals surface area contributed by atoms with Gasteiger partial charge in [-0.2, -0.15) is 0 Å². The van der Waals surface area contributed by atoms with Crippen LogP contribution in [0.3, 0.4) is 0 Å². The molecule has 0 aliphatic carbocycles. The van der Waals surface area contributed by atoms with Crippen LogP contribution < -0.4 is 4.74 Å². The van der Waals surface area contributed by atoms with Crippen molar-refractivity contribution in [2.45, 2.75) is 13.8 Å². The van der Waals surface area contributed by atoms with Crippen LogP contribution in [0, 0.1) is 6.92 Å². The molecule has 1 aromatic rings. The van der Waals surface area contributed by atoms with Crippen molar-refractivity contribution >= 4 is 11.9 Å². The van der Waals surface area contributed by atoms with E-state index in [1.54, 1.807) is 25.1 Å². The Hall–Kier alpha value is -1.84. The van der Waals surface area contributed by atoms with Crippen LogP contribution >= 0.6 is 0 Å². The van der Waals surface area contributed by atoms with E-state index in [2.05, 4.69) is 4.74 Å². The Balaban J connectivity index is 3.01. The predicted molar refractivity (Wildman–Crippen MR) is 53.8 cm³/mol. The number of ether oxygens (including phenoxy) is 2. The summed E-state index contributed by atoms with van der Waals surface area (Å²) in [5.74, 6) is -0.725. The molecule has 0 radical (unpaired) electrons. The highest BCUT2D eigenvalue weighted by molar-refractivity contribution is 5.97. The van der Waals surface area contributed by atoms with Crippen LogP contribution in [0.2, 0.25) is 0 Å². The molecule has 0 aromatic heterocycles. The smallest absolute Gasteiger partial charge is 0.346 e. The van der Waals surface area contributed by atoms with Crippen molar-refractivity contribution < 1.29 is 19.1 Å². The lowest BCUT2D eigenvalue weighted by Gasteiger charge is -2.06. The van der Waals surface area contributed by atoms with E-state index in [4.69, 9.17) is 4.74 Å². The largest absolute Gasteiger partial charge is 0.497 e. The summed E-state index contributed by atoms with van der Waals surface area (Å²) < 4.78 is 9.46. The fraction of sp³-hybridized carbons (Fsp3) is 0.273. The minimum Gasteiger partial charge on any atom is -0.497 e. The molecule has 4 nitrogen and oxygen atoms in total. The number of esters is 2. The molecule has 0 saturated heterocycles. The second-order valence-corrected chi connectivity index (χ2v) is 3.06. The number of aryl methyl sites for hydroxylation is 1. The third-order valence-corrected chi connectivity index (χ3v) is 1.90. The maximum atomic E-state index is 11.4. The summed E-state index contributed by atoms with van der Waals surface area (Å²) in [5, 5.41) is 0. The zero-order valence-electron chi connectivity index (χ0n) is 8.87. The van der Waals surface area contributed by atoms with Crippen molar-refractivity contribution in [1.29, 1.82) is 0 Å². The average Bonchev–Trinajstić information content (AvgIpc) is 2.17. The molecule has 15 heavy (non-hydrogen) atoms. The molecule has 0 unspecified atom stereocenters. The van der Waals surface area contributed by atoms with Gasteiger partial charge < -0.3 is 9.47 Å². The van der Waals surface area contributed by atoms with Gasteiger partial charge in [-0.25, -0.2) is 4.79 Å². The summed E-state index contributed by atoms with van der Waals surface area (Å²) in [6, 6.07) is 5.01. The first-order valence-corrected chi connectivity index (χ1v) is 4.42. The molecule has 0 bridgehead atoms. The lowest BCUT2D eigenvalue weighted by atomic mass is 10.1. The number of rotatable bonds is 2. The van der Waals surface area contributed by atoms with Gasteiger partial charge in [-0.1, -0.05) is 6.07 Å². The van der Waals surface area contributed by atoms with E-state index in [1.807, 2.05) is 0 Å². The van der Waals surface area contributed by atoms with E-state index in [1.165, 1.54) is 14.0 Å². The van der Waals surface area contributed by atoms with Crippen molar-refractivity contribution in [2.75, 3.05) is 7.11 Å². The van der Waals surface area contributed by atoms with Crippen molar-refractivity contribution in [3.8, 4) is 5.75 Å². The highest BCUT2D eigenvalue weighted by Crippen LogP contribution is 2.17. The van der Waals surface area contributed by atoms with Gasteiger partial charge in [0.05, 0.1) is 12.7 Å². The maximum absolute atomic E-state index is 11.4. The fourth-order valence-corrected chi connectivity index (χ4v) is 1.13. The zero-order chi connectivity index (χ0) is 11.4. The van der Waals surface area contributed by atoms with Crippen molar-refractivity contribution in [3.63, 3.8) is 0 Å². The first-order valence-electron chi connectivity index (χ1n) is 4.42. The Bertz CT molecular complexity index is 396. The maximum Gasteiger partial charge on any atom is 0.346 e. The van der Waals surface area contributed by atoms with Gasteiger partial charge >= 0.3 is 11.9 Å². The molecule has 0 heterocycles. The van der Waals surface area contributed by atoms with Crippen LogP contribution in [0.1, 0.15) is 22.8 Å². The van der Waals surface area contributed by atoms with E-state index in [-0.39, 0.29) is 0 Å². The Morgan fingerprint density at radius 2 is 1.93 bits per heavy atom. The molecular formula is C11H12O4. The lowest BCUT2D eigenvalue weighted by Crippen LogP contribution is -2.10. The van der Waals surface area contributed by atoms with Gasteiger partial charge in [0.15, 0.2) is 0 Å². The Labute approximate surface area is 87.8 Å². The molecule has 80 valence electrons. The molecule has 0 atom stereocenters. The SMILES string of the molecule is COc1ccc(C)c(C(=O)OC(C)=O)c1. The minimum absolute atomic E-state index is 0.338. The molecule has 0 aliphatic rings. The van der Waals surface area contributed by atoms with Crippen molar-refractivity contribution in [1.82, 2.24) is 0 Å². The number of carbonyl (C=O) groups is 2. The summed E-state index contributed by atoms with van der Waals surface area (Å²) in [6.07, 6.45) is 0. The molecule has 0 saturated carbocycles. The molecule has 0 amide bonds. The highest BCUT2D eigenvalue weighted by atomic mass is 16.6. The number of methoxy groups -OCH3 is 1. The minimum atomic E-state index is -0.654. The Morgan fingerprint density at radius 3 is 2.47 bits per heavy atom. The van der Waals surface area contributed by atoms with Gasteiger partial charge in [-0.05, 0) is 24.6 Å². The second-order valence-electron chi connectivity index (χ2n) is 3.06. The van der Waals surface area contributed by atoms with Crippen LogP contribution in [-0.2, 0) is 9.53 Å². The molecule has 0 aliphatic heterocycles. The number of hydrogen-bond acceptors (Lipinski definition) is 4. The molecular weight excluding hydrogens is 196 g/mol. The van der Waals surface area contributed by atoms with Gasteiger partial charge in [0.25, 0.3) is 0 Å². The summed E-state index contributed by atoms with van der Waals surface area (Å²) in [5.41, 5.74) is 1.08. The first-order chi connectivity index (χ1) is 7.04.